The molecule has 1 atom stereocenters. The van der Waals surface area contributed by atoms with Crippen molar-refractivity contribution in [2.75, 3.05) is 13.6 Å². The van der Waals surface area contributed by atoms with Crippen LogP contribution in [0.1, 0.15) is 13.3 Å². The summed E-state index contributed by atoms with van der Waals surface area (Å²) < 4.78 is 0. The number of rotatable bonds is 0. The Morgan fingerprint density at radius 1 is 1.62 bits per heavy atom. The van der Waals surface area contributed by atoms with Crippen molar-refractivity contribution in [3.8, 4) is 0 Å². The van der Waals surface area contributed by atoms with Crippen LogP contribution in [0, 0.1) is 5.92 Å². The predicted molar refractivity (Wildman–Crippen MR) is 33.4 cm³/mol. The highest BCUT2D eigenvalue weighted by Gasteiger charge is 2.35. The monoisotopic (exact) mass is 109 g/mol. The van der Waals surface area contributed by atoms with Crippen LogP contribution in [0.15, 0.2) is 11.3 Å². The summed E-state index contributed by atoms with van der Waals surface area (Å²) in [6, 6.07) is 0. The average Bonchev–Trinajstić information content (AvgIpc) is 2.47. The van der Waals surface area contributed by atoms with E-state index in [1.807, 2.05) is 0 Å². The summed E-state index contributed by atoms with van der Waals surface area (Å²) in [7, 11) is 2.16. The first kappa shape index (κ1) is 4.42. The number of hydrogen-bond acceptors (Lipinski definition) is 1. The highest BCUT2D eigenvalue weighted by Crippen LogP contribution is 2.44. The SMILES string of the molecule is C[C@@H]1C/C1=C1\CN1C. The summed E-state index contributed by atoms with van der Waals surface area (Å²) >= 11 is 0. The zero-order valence-corrected chi connectivity index (χ0v) is 5.44. The Kier molecular flexibility index (Phi) is 0.605. The van der Waals surface area contributed by atoms with Crippen LogP contribution in [0.4, 0.5) is 0 Å². The molecule has 2 aliphatic rings. The first-order chi connectivity index (χ1) is 3.79. The molecule has 1 aliphatic carbocycles. The number of hydrogen-bond donors (Lipinski definition) is 0. The van der Waals surface area contributed by atoms with Crippen LogP contribution in [-0.4, -0.2) is 18.5 Å². The molecular formula is C7H11N. The van der Waals surface area contributed by atoms with Crippen LogP contribution in [0.2, 0.25) is 0 Å². The van der Waals surface area contributed by atoms with E-state index in [4.69, 9.17) is 0 Å². The minimum Gasteiger partial charge on any atom is -0.371 e. The van der Waals surface area contributed by atoms with E-state index in [-0.39, 0.29) is 0 Å². The molecule has 8 heavy (non-hydrogen) atoms. The van der Waals surface area contributed by atoms with Crippen molar-refractivity contribution >= 4 is 0 Å². The standard InChI is InChI=1S/C7H11N/c1-5-3-6(5)7-4-8(7)2/h5H,3-4H2,1-2H3/b7-6-/t5-,8?/m1/s1. The van der Waals surface area contributed by atoms with Crippen LogP contribution in [0.3, 0.4) is 0 Å². The van der Waals surface area contributed by atoms with Crippen LogP contribution in [0.25, 0.3) is 0 Å². The van der Waals surface area contributed by atoms with Crippen molar-refractivity contribution in [1.29, 1.82) is 0 Å². The molecule has 0 radical (unpaired) electrons. The van der Waals surface area contributed by atoms with E-state index in [9.17, 15) is 0 Å². The van der Waals surface area contributed by atoms with Gasteiger partial charge in [-0.25, -0.2) is 0 Å². The van der Waals surface area contributed by atoms with Crippen molar-refractivity contribution in [1.82, 2.24) is 4.90 Å². The lowest BCUT2D eigenvalue weighted by Crippen LogP contribution is -1.76. The molecule has 0 spiro atoms. The fourth-order valence-electron chi connectivity index (χ4n) is 1.21. The van der Waals surface area contributed by atoms with E-state index in [1.54, 1.807) is 11.3 Å². The minimum atomic E-state index is 0.926. The van der Waals surface area contributed by atoms with Gasteiger partial charge in [0.05, 0.1) is 6.54 Å². The molecule has 0 bridgehead atoms. The molecule has 1 aliphatic heterocycles. The van der Waals surface area contributed by atoms with Crippen LogP contribution in [0.5, 0.6) is 0 Å². The summed E-state index contributed by atoms with van der Waals surface area (Å²) in [4.78, 5) is 2.32. The maximum atomic E-state index is 2.32. The Labute approximate surface area is 50.0 Å². The largest absolute Gasteiger partial charge is 0.371 e. The zero-order valence-electron chi connectivity index (χ0n) is 5.44. The molecule has 0 N–H and O–H groups in total. The maximum Gasteiger partial charge on any atom is 0.0572 e. The predicted octanol–water partition coefficient (Wildman–Crippen LogP) is 1.23. The molecule has 0 aromatic carbocycles. The molecule has 1 saturated carbocycles. The summed E-state index contributed by atoms with van der Waals surface area (Å²) in [6.07, 6.45) is 1.37. The van der Waals surface area contributed by atoms with Gasteiger partial charge in [-0.15, -0.1) is 0 Å². The van der Waals surface area contributed by atoms with Gasteiger partial charge < -0.3 is 4.90 Å². The highest BCUT2D eigenvalue weighted by atomic mass is 15.3. The Bertz CT molecular complexity index is 140. The lowest BCUT2D eigenvalue weighted by atomic mass is 10.4. The molecule has 1 nitrogen and oxygen atoms in total. The number of allylic oxidation sites excluding steroid dienone is 1. The van der Waals surface area contributed by atoms with Crippen LogP contribution in [-0.2, 0) is 0 Å². The minimum absolute atomic E-state index is 0.926. The van der Waals surface area contributed by atoms with Crippen molar-refractivity contribution in [3.05, 3.63) is 11.3 Å². The van der Waals surface area contributed by atoms with Gasteiger partial charge in [0.2, 0.25) is 0 Å². The van der Waals surface area contributed by atoms with E-state index < -0.39 is 0 Å². The van der Waals surface area contributed by atoms with Gasteiger partial charge in [-0.2, -0.15) is 0 Å². The molecule has 0 amide bonds. The lowest BCUT2D eigenvalue weighted by molar-refractivity contribution is 0.726. The van der Waals surface area contributed by atoms with Gasteiger partial charge in [-0.05, 0) is 17.9 Å². The van der Waals surface area contributed by atoms with Gasteiger partial charge in [-0.1, -0.05) is 6.92 Å². The van der Waals surface area contributed by atoms with Crippen LogP contribution < -0.4 is 0 Å². The first-order valence-electron chi connectivity index (χ1n) is 3.22. The third-order valence-electron chi connectivity index (χ3n) is 2.08. The van der Waals surface area contributed by atoms with Gasteiger partial charge in [0.25, 0.3) is 0 Å². The van der Waals surface area contributed by atoms with Gasteiger partial charge in [-0.3, -0.25) is 0 Å². The van der Waals surface area contributed by atoms with E-state index in [0.29, 0.717) is 0 Å². The fraction of sp³-hybridized carbons (Fsp3) is 0.714. The van der Waals surface area contributed by atoms with Crippen molar-refractivity contribution in [2.45, 2.75) is 13.3 Å². The molecule has 2 fully saturated rings. The highest BCUT2D eigenvalue weighted by molar-refractivity contribution is 5.35. The Hall–Kier alpha value is -0.460. The zero-order chi connectivity index (χ0) is 5.72. The van der Waals surface area contributed by atoms with E-state index >= 15 is 0 Å². The summed E-state index contributed by atoms with van der Waals surface area (Å²) in [5, 5.41) is 0. The molecular weight excluding hydrogens is 98.1 g/mol. The lowest BCUT2D eigenvalue weighted by Gasteiger charge is -1.78. The summed E-state index contributed by atoms with van der Waals surface area (Å²) in [6.45, 7) is 3.55. The quantitative estimate of drug-likeness (QED) is 0.423. The number of nitrogens with zero attached hydrogens (tertiary/aromatic N) is 1. The van der Waals surface area contributed by atoms with Crippen molar-refractivity contribution in [2.24, 2.45) is 5.92 Å². The van der Waals surface area contributed by atoms with Crippen LogP contribution >= 0.6 is 0 Å². The molecule has 1 heterocycles. The molecule has 1 saturated heterocycles. The maximum absolute atomic E-state index is 2.32. The average molecular weight is 109 g/mol. The van der Waals surface area contributed by atoms with E-state index in [1.165, 1.54) is 13.0 Å². The molecule has 44 valence electrons. The van der Waals surface area contributed by atoms with Gasteiger partial charge in [0.15, 0.2) is 0 Å². The third kappa shape index (κ3) is 0.473. The van der Waals surface area contributed by atoms with Gasteiger partial charge in [0, 0.05) is 12.7 Å². The fourth-order valence-corrected chi connectivity index (χ4v) is 1.21. The normalized spacial score (nSPS) is 42.8. The van der Waals surface area contributed by atoms with Crippen molar-refractivity contribution in [3.63, 3.8) is 0 Å². The summed E-state index contributed by atoms with van der Waals surface area (Å²) in [5.41, 5.74) is 3.34. The second-order valence-electron chi connectivity index (χ2n) is 2.93. The smallest absolute Gasteiger partial charge is 0.0572 e. The topological polar surface area (TPSA) is 3.01 Å². The second kappa shape index (κ2) is 1.09. The van der Waals surface area contributed by atoms with Gasteiger partial charge >= 0.3 is 0 Å². The third-order valence-corrected chi connectivity index (χ3v) is 2.08. The van der Waals surface area contributed by atoms with E-state index in [0.717, 1.165) is 5.92 Å². The first-order valence-corrected chi connectivity index (χ1v) is 3.22. The number of likely N-dealkylation sites (N-methyl/N-ethyl adjacent to an activating group) is 1. The Morgan fingerprint density at radius 2 is 2.12 bits per heavy atom. The Balaban J connectivity index is 2.16. The second-order valence-corrected chi connectivity index (χ2v) is 2.93. The molecule has 0 aromatic heterocycles. The molecule has 0 unspecified atom stereocenters. The van der Waals surface area contributed by atoms with Gasteiger partial charge in [0.1, 0.15) is 0 Å². The molecule has 1 heteroatoms. The summed E-state index contributed by atoms with van der Waals surface area (Å²) in [5.74, 6) is 0.926. The van der Waals surface area contributed by atoms with Crippen molar-refractivity contribution < 1.29 is 0 Å². The molecule has 0 aromatic rings. The van der Waals surface area contributed by atoms with E-state index in [2.05, 4.69) is 18.9 Å². The molecule has 2 rings (SSSR count). The Morgan fingerprint density at radius 3 is 2.25 bits per heavy atom.